The predicted octanol–water partition coefficient (Wildman–Crippen LogP) is 5.78. The van der Waals surface area contributed by atoms with Crippen molar-refractivity contribution in [1.82, 2.24) is 14.5 Å². The first kappa shape index (κ1) is 36.0. The number of halogens is 5. The first-order chi connectivity index (χ1) is 23.1. The Morgan fingerprint density at radius 3 is 2.45 bits per heavy atom. The molecule has 2 aliphatic rings. The van der Waals surface area contributed by atoms with Crippen LogP contribution in [-0.2, 0) is 26.2 Å². The normalized spacial score (nSPS) is 22.1. The third-order valence-electron chi connectivity index (χ3n) is 8.75. The van der Waals surface area contributed by atoms with Crippen LogP contribution in [0.1, 0.15) is 42.9 Å². The molecule has 2 fully saturated rings. The van der Waals surface area contributed by atoms with Gasteiger partial charge < -0.3 is 15.0 Å². The van der Waals surface area contributed by atoms with Gasteiger partial charge in [-0.2, -0.15) is 17.5 Å². The molecular weight excluding hydrogens is 696 g/mol. The van der Waals surface area contributed by atoms with E-state index in [0.29, 0.717) is 15.6 Å². The van der Waals surface area contributed by atoms with Gasteiger partial charge in [-0.1, -0.05) is 42.3 Å². The molecule has 4 atom stereocenters. The third kappa shape index (κ3) is 7.65. The molecule has 2 amide bonds. The molecule has 17 heteroatoms. The molecule has 3 aromatic carbocycles. The number of nitrogens with one attached hydrogen (secondary N) is 1. The van der Waals surface area contributed by atoms with Crippen LogP contribution in [0, 0.1) is 21.8 Å². The molecule has 1 saturated heterocycles. The second-order valence-electron chi connectivity index (χ2n) is 11.8. The van der Waals surface area contributed by atoms with E-state index in [1.807, 2.05) is 0 Å². The number of amides is 2. The van der Waals surface area contributed by atoms with Gasteiger partial charge in [-0.3, -0.25) is 19.7 Å². The van der Waals surface area contributed by atoms with Crippen molar-refractivity contribution in [3.63, 3.8) is 0 Å². The number of rotatable bonds is 9. The summed E-state index contributed by atoms with van der Waals surface area (Å²) in [5, 5.41) is 14.3. The minimum absolute atomic E-state index is 0.124. The standard InChI is InChI=1S/C32H31ClF4N4O7S/c1-48-23-12-9-19(10-13-23)17-39-28(42)18-40(49(46,47)27-8-3-2-7-26(27)41(44)45)30(29(39)24-16-21(34)11-14-25(24)33)31(43)38-22-6-4-5-20(15-22)32(35,36)37/h2-3,7-14,16,20,22,29-30H,4-6,15,17-18H2,1H3,(H,38,43). The average molecular weight is 727 g/mol. The van der Waals surface area contributed by atoms with E-state index in [2.05, 4.69) is 5.32 Å². The minimum atomic E-state index is -5.06. The van der Waals surface area contributed by atoms with Crippen molar-refractivity contribution in [2.75, 3.05) is 13.7 Å². The average Bonchev–Trinajstić information content (AvgIpc) is 3.06. The maximum absolute atomic E-state index is 14.8. The van der Waals surface area contributed by atoms with Crippen molar-refractivity contribution in [2.45, 2.75) is 61.4 Å². The van der Waals surface area contributed by atoms with Gasteiger partial charge in [0.15, 0.2) is 4.90 Å². The molecule has 1 aliphatic carbocycles. The van der Waals surface area contributed by atoms with Gasteiger partial charge in [-0.25, -0.2) is 12.8 Å². The Balaban J connectivity index is 1.67. The number of methoxy groups -OCH3 is 1. The van der Waals surface area contributed by atoms with Crippen molar-refractivity contribution >= 4 is 39.1 Å². The van der Waals surface area contributed by atoms with Gasteiger partial charge in [-0.05, 0) is 66.8 Å². The molecule has 1 saturated carbocycles. The predicted molar refractivity (Wildman–Crippen MR) is 168 cm³/mol. The number of nitrogens with zero attached hydrogens (tertiary/aromatic N) is 3. The summed E-state index contributed by atoms with van der Waals surface area (Å²) in [6, 6.07) is 9.24. The summed E-state index contributed by atoms with van der Waals surface area (Å²) in [4.78, 5) is 39.6. The fraction of sp³-hybridized carbons (Fsp3) is 0.375. The van der Waals surface area contributed by atoms with Crippen LogP contribution >= 0.6 is 11.6 Å². The van der Waals surface area contributed by atoms with Gasteiger partial charge in [0.1, 0.15) is 17.6 Å². The highest BCUT2D eigenvalue weighted by Crippen LogP contribution is 2.42. The molecule has 262 valence electrons. The van der Waals surface area contributed by atoms with Crippen LogP contribution in [0.2, 0.25) is 5.02 Å². The highest BCUT2D eigenvalue weighted by atomic mass is 35.5. The van der Waals surface area contributed by atoms with Crippen molar-refractivity contribution in [2.24, 2.45) is 5.92 Å². The zero-order chi connectivity index (χ0) is 35.7. The number of carbonyl (C=O) groups excluding carboxylic acids is 2. The number of nitro groups is 1. The van der Waals surface area contributed by atoms with Crippen LogP contribution in [0.3, 0.4) is 0 Å². The zero-order valence-corrected chi connectivity index (χ0v) is 27.5. The van der Waals surface area contributed by atoms with Gasteiger partial charge >= 0.3 is 6.18 Å². The highest BCUT2D eigenvalue weighted by molar-refractivity contribution is 7.89. The molecule has 0 spiro atoms. The number of sulfonamides is 1. The lowest BCUT2D eigenvalue weighted by Gasteiger charge is -2.46. The first-order valence-corrected chi connectivity index (χ1v) is 16.9. The van der Waals surface area contributed by atoms with Crippen molar-refractivity contribution in [3.05, 3.63) is 98.8 Å². The fourth-order valence-electron chi connectivity index (χ4n) is 6.36. The van der Waals surface area contributed by atoms with Crippen LogP contribution in [0.4, 0.5) is 23.2 Å². The van der Waals surface area contributed by atoms with Crippen LogP contribution in [0.15, 0.2) is 71.6 Å². The van der Waals surface area contributed by atoms with Crippen LogP contribution in [-0.4, -0.2) is 66.3 Å². The Kier molecular flexibility index (Phi) is 10.5. The van der Waals surface area contributed by atoms with Crippen molar-refractivity contribution < 1.29 is 45.2 Å². The summed E-state index contributed by atoms with van der Waals surface area (Å²) in [6.07, 6.45) is -4.88. The second kappa shape index (κ2) is 14.3. The first-order valence-electron chi connectivity index (χ1n) is 15.1. The molecule has 11 nitrogen and oxygen atoms in total. The van der Waals surface area contributed by atoms with Crippen LogP contribution < -0.4 is 10.1 Å². The minimum Gasteiger partial charge on any atom is -0.497 e. The molecule has 0 aromatic heterocycles. The lowest BCUT2D eigenvalue weighted by Crippen LogP contribution is -2.64. The number of carbonyl (C=O) groups is 2. The van der Waals surface area contributed by atoms with Gasteiger partial charge in [-0.15, -0.1) is 0 Å². The Hall–Kier alpha value is -4.28. The number of hydrogen-bond donors (Lipinski definition) is 1. The monoisotopic (exact) mass is 726 g/mol. The van der Waals surface area contributed by atoms with E-state index < -0.39 is 86.3 Å². The van der Waals surface area contributed by atoms with Crippen molar-refractivity contribution in [3.8, 4) is 5.75 Å². The Morgan fingerprint density at radius 1 is 1.10 bits per heavy atom. The Morgan fingerprint density at radius 2 is 1.80 bits per heavy atom. The Bertz CT molecular complexity index is 1850. The largest absolute Gasteiger partial charge is 0.497 e. The molecule has 1 N–H and O–H groups in total. The number of benzene rings is 3. The maximum Gasteiger partial charge on any atom is 0.391 e. The Labute approximate surface area is 284 Å². The van der Waals surface area contributed by atoms with Crippen LogP contribution in [0.25, 0.3) is 0 Å². The highest BCUT2D eigenvalue weighted by Gasteiger charge is 2.52. The molecule has 4 unspecified atom stereocenters. The van der Waals surface area contributed by atoms with E-state index in [1.165, 1.54) is 19.2 Å². The van der Waals surface area contributed by atoms with Gasteiger partial charge in [0.05, 0.1) is 30.5 Å². The maximum atomic E-state index is 14.8. The van der Waals surface area contributed by atoms with E-state index in [0.717, 1.165) is 35.2 Å². The smallest absolute Gasteiger partial charge is 0.391 e. The zero-order valence-electron chi connectivity index (χ0n) is 25.9. The molecule has 0 radical (unpaired) electrons. The summed E-state index contributed by atoms with van der Waals surface area (Å²) >= 11 is 6.53. The summed E-state index contributed by atoms with van der Waals surface area (Å²) in [5.74, 6) is -4.02. The topological polar surface area (TPSA) is 139 Å². The van der Waals surface area contributed by atoms with E-state index in [4.69, 9.17) is 16.3 Å². The van der Waals surface area contributed by atoms with E-state index in [1.54, 1.807) is 24.3 Å². The number of nitro benzene ring substituents is 1. The van der Waals surface area contributed by atoms with Gasteiger partial charge in [0, 0.05) is 23.7 Å². The molecule has 0 bridgehead atoms. The van der Waals surface area contributed by atoms with Gasteiger partial charge in [0.25, 0.3) is 15.7 Å². The molecule has 3 aromatic rings. The number of alkyl halides is 3. The summed E-state index contributed by atoms with van der Waals surface area (Å²) < 4.78 is 90.2. The summed E-state index contributed by atoms with van der Waals surface area (Å²) in [6.45, 7) is -1.22. The third-order valence-corrected chi connectivity index (χ3v) is 11.0. The molecule has 5 rings (SSSR count). The van der Waals surface area contributed by atoms with E-state index in [-0.39, 0.29) is 36.4 Å². The fourth-order valence-corrected chi connectivity index (χ4v) is 8.29. The number of hydrogen-bond acceptors (Lipinski definition) is 7. The van der Waals surface area contributed by atoms with Crippen molar-refractivity contribution in [1.29, 1.82) is 0 Å². The molecule has 49 heavy (non-hydrogen) atoms. The summed E-state index contributed by atoms with van der Waals surface area (Å²) in [7, 11) is -3.61. The quantitative estimate of drug-likeness (QED) is 0.168. The number of ether oxygens (including phenoxy) is 1. The molecule has 1 heterocycles. The van der Waals surface area contributed by atoms with Crippen LogP contribution in [0.5, 0.6) is 5.75 Å². The molecule has 1 aliphatic heterocycles. The lowest BCUT2D eigenvalue weighted by atomic mass is 9.85. The SMILES string of the molecule is COc1ccc(CN2C(=O)CN(S(=O)(=O)c3ccccc3[N+](=O)[O-])C(C(=O)NC3CCCC(C(F)(F)F)C3)C2c2cc(F)ccc2Cl)cc1. The summed E-state index contributed by atoms with van der Waals surface area (Å²) in [5.41, 5.74) is -0.500. The molecular formula is C32H31ClF4N4O7S. The lowest BCUT2D eigenvalue weighted by molar-refractivity contribution is -0.387. The van der Waals surface area contributed by atoms with Gasteiger partial charge in [0.2, 0.25) is 11.8 Å². The van der Waals surface area contributed by atoms with E-state index >= 15 is 0 Å². The van der Waals surface area contributed by atoms with E-state index in [9.17, 15) is 45.7 Å². The second-order valence-corrected chi connectivity index (χ2v) is 14.1. The number of para-hydroxylation sites is 1. The number of piperazine rings is 1.